The second-order valence-electron chi connectivity index (χ2n) is 11.1. The van der Waals surface area contributed by atoms with E-state index in [0.29, 0.717) is 0 Å². The van der Waals surface area contributed by atoms with E-state index in [0.717, 1.165) is 24.4 Å². The van der Waals surface area contributed by atoms with Gasteiger partial charge in [-0.05, 0) is 92.9 Å². The van der Waals surface area contributed by atoms with Gasteiger partial charge in [0.2, 0.25) is 0 Å². The maximum absolute atomic E-state index is 4.91. The summed E-state index contributed by atoms with van der Waals surface area (Å²) in [6.45, 7) is 2.10. The molecule has 0 spiro atoms. The molecule has 42 heavy (non-hydrogen) atoms. The Balaban J connectivity index is 1.26. The number of benzene rings is 6. The minimum Gasteiger partial charge on any atom is -0.297 e. The minimum atomic E-state index is 0.958. The molecule has 0 radical (unpaired) electrons. The van der Waals surface area contributed by atoms with Crippen LogP contribution in [0.25, 0.3) is 61.1 Å². The SMILES string of the molecule is Cc1nc2c(n1-c1ccccc1)C=C(c1ccc(-c3c4ccccc4c(-c4ccccc4)c4ccccc34)cc1)CC2. The van der Waals surface area contributed by atoms with Crippen LogP contribution in [0.3, 0.4) is 0 Å². The molecule has 0 amide bonds. The quantitative estimate of drug-likeness (QED) is 0.204. The average molecular weight is 539 g/mol. The van der Waals surface area contributed by atoms with E-state index in [4.69, 9.17) is 4.98 Å². The van der Waals surface area contributed by atoms with Crippen LogP contribution in [0.1, 0.15) is 29.2 Å². The number of imidazole rings is 1. The molecular weight excluding hydrogens is 508 g/mol. The highest BCUT2D eigenvalue weighted by Crippen LogP contribution is 2.44. The van der Waals surface area contributed by atoms with Gasteiger partial charge < -0.3 is 0 Å². The molecule has 2 heteroatoms. The Morgan fingerprint density at radius 2 is 0.976 bits per heavy atom. The van der Waals surface area contributed by atoms with Crippen LogP contribution in [-0.4, -0.2) is 9.55 Å². The number of hydrogen-bond acceptors (Lipinski definition) is 1. The third-order valence-electron chi connectivity index (χ3n) is 8.65. The van der Waals surface area contributed by atoms with Crippen LogP contribution in [0.4, 0.5) is 0 Å². The molecule has 0 atom stereocenters. The molecule has 7 aromatic rings. The normalized spacial score (nSPS) is 12.8. The zero-order valence-electron chi connectivity index (χ0n) is 23.6. The van der Waals surface area contributed by atoms with Gasteiger partial charge in [0.1, 0.15) is 5.82 Å². The zero-order valence-corrected chi connectivity index (χ0v) is 23.6. The fourth-order valence-corrected chi connectivity index (χ4v) is 6.76. The van der Waals surface area contributed by atoms with Crippen LogP contribution >= 0.6 is 0 Å². The summed E-state index contributed by atoms with van der Waals surface area (Å²) in [6, 6.07) is 48.3. The van der Waals surface area contributed by atoms with Gasteiger partial charge in [0.05, 0.1) is 11.4 Å². The summed E-state index contributed by atoms with van der Waals surface area (Å²) in [5.41, 5.74) is 11.3. The molecule has 1 aliphatic carbocycles. The van der Waals surface area contributed by atoms with Crippen molar-refractivity contribution in [2.24, 2.45) is 0 Å². The first-order chi connectivity index (χ1) is 20.8. The molecule has 0 saturated carbocycles. The molecule has 1 heterocycles. The standard InChI is InChI=1S/C40H30N2/c1-27-41-37-25-24-31(26-38(37)42(27)32-14-6-3-7-15-32)28-20-22-30(23-21-28)40-35-18-10-8-16-33(35)39(29-12-4-2-5-13-29)34-17-9-11-19-36(34)40/h2-23,26H,24-25H2,1H3. The van der Waals surface area contributed by atoms with E-state index in [1.807, 2.05) is 0 Å². The Kier molecular flexibility index (Phi) is 5.86. The summed E-state index contributed by atoms with van der Waals surface area (Å²) in [5, 5.41) is 5.14. The third kappa shape index (κ3) is 3.99. The third-order valence-corrected chi connectivity index (χ3v) is 8.65. The highest BCUT2D eigenvalue weighted by atomic mass is 15.1. The maximum Gasteiger partial charge on any atom is 0.110 e. The van der Waals surface area contributed by atoms with Crippen LogP contribution in [0.2, 0.25) is 0 Å². The van der Waals surface area contributed by atoms with Crippen molar-refractivity contribution in [1.82, 2.24) is 9.55 Å². The molecule has 1 aliphatic rings. The zero-order chi connectivity index (χ0) is 28.0. The van der Waals surface area contributed by atoms with E-state index in [1.54, 1.807) is 0 Å². The van der Waals surface area contributed by atoms with Gasteiger partial charge in [0.25, 0.3) is 0 Å². The average Bonchev–Trinajstić information content (AvgIpc) is 3.39. The van der Waals surface area contributed by atoms with Gasteiger partial charge in [-0.2, -0.15) is 0 Å². The van der Waals surface area contributed by atoms with Gasteiger partial charge >= 0.3 is 0 Å². The van der Waals surface area contributed by atoms with Crippen LogP contribution in [0.15, 0.2) is 133 Å². The molecule has 200 valence electrons. The summed E-state index contributed by atoms with van der Waals surface area (Å²) >= 11 is 0. The number of aromatic nitrogens is 2. The predicted octanol–water partition coefficient (Wildman–Crippen LogP) is 10.3. The largest absolute Gasteiger partial charge is 0.297 e. The lowest BCUT2D eigenvalue weighted by atomic mass is 9.85. The van der Waals surface area contributed by atoms with E-state index in [9.17, 15) is 0 Å². The second kappa shape index (κ2) is 10.0. The monoisotopic (exact) mass is 538 g/mol. The number of para-hydroxylation sites is 1. The molecular formula is C40H30N2. The Labute approximate surface area is 246 Å². The summed E-state index contributed by atoms with van der Waals surface area (Å²) in [7, 11) is 0. The molecule has 0 aliphatic heterocycles. The predicted molar refractivity (Wildman–Crippen MR) is 177 cm³/mol. The van der Waals surface area contributed by atoms with E-state index in [2.05, 4.69) is 151 Å². The summed E-state index contributed by atoms with van der Waals surface area (Å²) in [4.78, 5) is 4.91. The van der Waals surface area contributed by atoms with E-state index >= 15 is 0 Å². The van der Waals surface area contributed by atoms with Crippen molar-refractivity contribution in [3.05, 3.63) is 156 Å². The Morgan fingerprint density at radius 3 is 1.55 bits per heavy atom. The van der Waals surface area contributed by atoms with Gasteiger partial charge in [0.15, 0.2) is 0 Å². The Morgan fingerprint density at radius 1 is 0.500 bits per heavy atom. The van der Waals surface area contributed by atoms with Crippen molar-refractivity contribution < 1.29 is 0 Å². The first-order valence-electron chi connectivity index (χ1n) is 14.7. The second-order valence-corrected chi connectivity index (χ2v) is 11.1. The van der Waals surface area contributed by atoms with Crippen molar-refractivity contribution in [2.75, 3.05) is 0 Å². The fourth-order valence-electron chi connectivity index (χ4n) is 6.76. The molecule has 0 fully saturated rings. The van der Waals surface area contributed by atoms with Crippen LogP contribution < -0.4 is 0 Å². The first kappa shape index (κ1) is 24.6. The molecule has 0 saturated heterocycles. The van der Waals surface area contributed by atoms with Gasteiger partial charge in [-0.1, -0.05) is 121 Å². The Bertz CT molecular complexity index is 2060. The van der Waals surface area contributed by atoms with Crippen molar-refractivity contribution in [3.63, 3.8) is 0 Å². The number of aryl methyl sites for hydroxylation is 2. The molecule has 8 rings (SSSR count). The maximum atomic E-state index is 4.91. The number of rotatable bonds is 4. The number of allylic oxidation sites excluding steroid dienone is 1. The highest BCUT2D eigenvalue weighted by Gasteiger charge is 2.21. The number of hydrogen-bond donors (Lipinski definition) is 0. The smallest absolute Gasteiger partial charge is 0.110 e. The lowest BCUT2D eigenvalue weighted by molar-refractivity contribution is 0.949. The van der Waals surface area contributed by atoms with Crippen molar-refractivity contribution in [1.29, 1.82) is 0 Å². The molecule has 1 aromatic heterocycles. The van der Waals surface area contributed by atoms with Gasteiger partial charge in [-0.3, -0.25) is 4.57 Å². The van der Waals surface area contributed by atoms with Crippen LogP contribution in [0.5, 0.6) is 0 Å². The topological polar surface area (TPSA) is 17.8 Å². The summed E-state index contributed by atoms with van der Waals surface area (Å²) in [6.07, 6.45) is 4.30. The molecule has 6 aromatic carbocycles. The Hall–Kier alpha value is -5.21. The van der Waals surface area contributed by atoms with E-state index in [1.165, 1.54) is 66.3 Å². The van der Waals surface area contributed by atoms with E-state index in [-0.39, 0.29) is 0 Å². The van der Waals surface area contributed by atoms with Crippen molar-refractivity contribution in [3.8, 4) is 27.9 Å². The van der Waals surface area contributed by atoms with Crippen LogP contribution in [-0.2, 0) is 6.42 Å². The van der Waals surface area contributed by atoms with Gasteiger partial charge in [-0.15, -0.1) is 0 Å². The molecule has 0 unspecified atom stereocenters. The highest BCUT2D eigenvalue weighted by molar-refractivity contribution is 6.21. The summed E-state index contributed by atoms with van der Waals surface area (Å²) in [5.74, 6) is 1.04. The minimum absolute atomic E-state index is 0.958. The number of fused-ring (bicyclic) bond motifs is 3. The molecule has 0 bridgehead atoms. The fraction of sp³-hybridized carbons (Fsp3) is 0.0750. The lowest BCUT2D eigenvalue weighted by Crippen LogP contribution is -2.04. The van der Waals surface area contributed by atoms with Crippen molar-refractivity contribution in [2.45, 2.75) is 19.8 Å². The first-order valence-corrected chi connectivity index (χ1v) is 14.7. The van der Waals surface area contributed by atoms with E-state index < -0.39 is 0 Å². The lowest BCUT2D eigenvalue weighted by Gasteiger charge is -2.19. The van der Waals surface area contributed by atoms with Gasteiger partial charge in [-0.25, -0.2) is 4.98 Å². The molecule has 0 N–H and O–H groups in total. The van der Waals surface area contributed by atoms with Crippen molar-refractivity contribution >= 4 is 33.2 Å². The van der Waals surface area contributed by atoms with Crippen LogP contribution in [0, 0.1) is 6.92 Å². The van der Waals surface area contributed by atoms with Gasteiger partial charge in [0, 0.05) is 5.69 Å². The summed E-state index contributed by atoms with van der Waals surface area (Å²) < 4.78 is 2.29. The number of nitrogens with zero attached hydrogens (tertiary/aromatic N) is 2. The molecule has 2 nitrogen and oxygen atoms in total.